The molecule has 4 heteroatoms. The van der Waals surface area contributed by atoms with Crippen LogP contribution < -0.4 is 0 Å². The first-order valence-corrected chi connectivity index (χ1v) is 8.71. The number of alkyl halides is 1. The highest BCUT2D eigenvalue weighted by Gasteiger charge is 2.12. The van der Waals surface area contributed by atoms with E-state index in [1.54, 1.807) is 0 Å². The lowest BCUT2D eigenvalue weighted by Gasteiger charge is -2.09. The van der Waals surface area contributed by atoms with Crippen molar-refractivity contribution in [2.24, 2.45) is 0 Å². The summed E-state index contributed by atoms with van der Waals surface area (Å²) in [6.07, 6.45) is 1.99. The summed E-state index contributed by atoms with van der Waals surface area (Å²) in [4.78, 5) is -0.0336. The van der Waals surface area contributed by atoms with E-state index in [1.807, 2.05) is 12.1 Å². The van der Waals surface area contributed by atoms with Crippen LogP contribution in [0.25, 0.3) is 10.8 Å². The molecule has 0 amide bonds. The van der Waals surface area contributed by atoms with Gasteiger partial charge in [-0.2, -0.15) is 0 Å². The van der Waals surface area contributed by atoms with E-state index >= 15 is 0 Å². The van der Waals surface area contributed by atoms with Gasteiger partial charge in [0.25, 0.3) is 0 Å². The zero-order valence-corrected chi connectivity index (χ0v) is 12.5. The fourth-order valence-corrected chi connectivity index (χ4v) is 4.60. The molecular weight excluding hydrogens is 312 g/mol. The number of benzene rings is 2. The molecule has 18 heavy (non-hydrogen) atoms. The van der Waals surface area contributed by atoms with E-state index in [-0.39, 0.29) is 10.6 Å². The standard InChI is InChI=1S/C14H15BrO2S/c1-18(16,17)10-14(15)9-11-6-7-12-4-2-3-5-13(12)8-11/h2-8,14H,9-10H2,1H3. The molecule has 0 aliphatic heterocycles. The van der Waals surface area contributed by atoms with Crippen LogP contribution >= 0.6 is 15.9 Å². The number of fused-ring (bicyclic) bond motifs is 1. The Balaban J connectivity index is 2.17. The Kier molecular flexibility index (Phi) is 4.07. The predicted molar refractivity (Wildman–Crippen MR) is 80.1 cm³/mol. The lowest BCUT2D eigenvalue weighted by molar-refractivity contribution is 0.600. The molecule has 2 aromatic carbocycles. The van der Waals surface area contributed by atoms with E-state index in [4.69, 9.17) is 0 Å². The van der Waals surface area contributed by atoms with Crippen LogP contribution in [0.5, 0.6) is 0 Å². The van der Waals surface area contributed by atoms with Crippen molar-refractivity contribution >= 4 is 36.5 Å². The van der Waals surface area contributed by atoms with Crippen molar-refractivity contribution in [1.82, 2.24) is 0 Å². The van der Waals surface area contributed by atoms with Crippen LogP contribution in [-0.4, -0.2) is 25.3 Å². The molecule has 2 rings (SSSR count). The molecule has 0 heterocycles. The molecule has 2 aromatic rings. The molecule has 0 aromatic heterocycles. The van der Waals surface area contributed by atoms with Crippen LogP contribution in [0.2, 0.25) is 0 Å². The van der Waals surface area contributed by atoms with Gasteiger partial charge < -0.3 is 0 Å². The Bertz CT molecular complexity index is 650. The molecular formula is C14H15BrO2S. The molecule has 0 aliphatic rings. The third-order valence-corrected chi connectivity index (χ3v) is 4.84. The van der Waals surface area contributed by atoms with Crippen molar-refractivity contribution in [3.05, 3.63) is 48.0 Å². The SMILES string of the molecule is CS(=O)(=O)CC(Br)Cc1ccc2ccccc2c1. The highest BCUT2D eigenvalue weighted by Crippen LogP contribution is 2.18. The quantitative estimate of drug-likeness (QED) is 0.808. The summed E-state index contributed by atoms with van der Waals surface area (Å²) in [6.45, 7) is 0. The smallest absolute Gasteiger partial charge is 0.148 e. The van der Waals surface area contributed by atoms with E-state index in [0.29, 0.717) is 0 Å². The lowest BCUT2D eigenvalue weighted by Crippen LogP contribution is -2.16. The van der Waals surface area contributed by atoms with Crippen LogP contribution in [0.1, 0.15) is 5.56 Å². The monoisotopic (exact) mass is 326 g/mol. The Labute approximate surface area is 116 Å². The molecule has 2 nitrogen and oxygen atoms in total. The van der Waals surface area contributed by atoms with Crippen LogP contribution in [0.3, 0.4) is 0 Å². The molecule has 0 fully saturated rings. The van der Waals surface area contributed by atoms with Crippen molar-refractivity contribution < 1.29 is 8.42 Å². The molecule has 0 saturated carbocycles. The van der Waals surface area contributed by atoms with E-state index in [9.17, 15) is 8.42 Å². The number of halogens is 1. The fourth-order valence-electron chi connectivity index (χ4n) is 2.01. The third kappa shape index (κ3) is 3.82. The molecule has 1 unspecified atom stereocenters. The Morgan fingerprint density at radius 2 is 1.78 bits per heavy atom. The second-order valence-corrected chi connectivity index (χ2v) is 8.06. The zero-order valence-electron chi connectivity index (χ0n) is 10.1. The van der Waals surface area contributed by atoms with Crippen molar-refractivity contribution in [3.63, 3.8) is 0 Å². The number of hydrogen-bond donors (Lipinski definition) is 0. The van der Waals surface area contributed by atoms with Gasteiger partial charge in [0.05, 0.1) is 5.75 Å². The lowest BCUT2D eigenvalue weighted by atomic mass is 10.0. The van der Waals surface area contributed by atoms with Gasteiger partial charge in [-0.05, 0) is 22.8 Å². The predicted octanol–water partition coefficient (Wildman–Crippen LogP) is 3.19. The number of hydrogen-bond acceptors (Lipinski definition) is 2. The molecule has 0 spiro atoms. The highest BCUT2D eigenvalue weighted by atomic mass is 79.9. The Morgan fingerprint density at radius 1 is 1.11 bits per heavy atom. The molecule has 0 N–H and O–H groups in total. The van der Waals surface area contributed by atoms with Gasteiger partial charge in [-0.1, -0.05) is 58.4 Å². The minimum absolute atomic E-state index is 0.0336. The maximum atomic E-state index is 11.2. The second kappa shape index (κ2) is 5.41. The van der Waals surface area contributed by atoms with Crippen LogP contribution in [0, 0.1) is 0 Å². The van der Waals surface area contributed by atoms with Crippen LogP contribution in [0.4, 0.5) is 0 Å². The molecule has 0 radical (unpaired) electrons. The van der Waals surface area contributed by atoms with Crippen molar-refractivity contribution in [1.29, 1.82) is 0 Å². The Hall–Kier alpha value is -0.870. The van der Waals surface area contributed by atoms with Gasteiger partial charge in [-0.15, -0.1) is 0 Å². The first-order valence-electron chi connectivity index (χ1n) is 5.73. The van der Waals surface area contributed by atoms with E-state index < -0.39 is 9.84 Å². The van der Waals surface area contributed by atoms with Gasteiger partial charge in [-0.25, -0.2) is 8.42 Å². The summed E-state index contributed by atoms with van der Waals surface area (Å²) in [5.41, 5.74) is 1.15. The van der Waals surface area contributed by atoms with Gasteiger partial charge in [0.2, 0.25) is 0 Å². The van der Waals surface area contributed by atoms with Gasteiger partial charge in [-0.3, -0.25) is 0 Å². The summed E-state index contributed by atoms with van der Waals surface area (Å²) in [5, 5.41) is 2.39. The average Bonchev–Trinajstić information content (AvgIpc) is 2.26. The zero-order chi connectivity index (χ0) is 13.2. The van der Waals surface area contributed by atoms with Crippen LogP contribution in [-0.2, 0) is 16.3 Å². The Morgan fingerprint density at radius 3 is 2.44 bits per heavy atom. The maximum absolute atomic E-state index is 11.2. The van der Waals surface area contributed by atoms with Gasteiger partial charge >= 0.3 is 0 Å². The van der Waals surface area contributed by atoms with Gasteiger partial charge in [0.15, 0.2) is 0 Å². The fraction of sp³-hybridized carbons (Fsp3) is 0.286. The minimum Gasteiger partial charge on any atom is -0.229 e. The van der Waals surface area contributed by atoms with Gasteiger partial charge in [0, 0.05) is 11.1 Å². The van der Waals surface area contributed by atoms with E-state index in [1.165, 1.54) is 17.0 Å². The molecule has 0 bridgehead atoms. The number of rotatable bonds is 4. The van der Waals surface area contributed by atoms with Crippen molar-refractivity contribution in [2.75, 3.05) is 12.0 Å². The summed E-state index contributed by atoms with van der Waals surface area (Å²) in [7, 11) is -2.93. The summed E-state index contributed by atoms with van der Waals surface area (Å²) in [5.74, 6) is 0.166. The van der Waals surface area contributed by atoms with Crippen molar-refractivity contribution in [3.8, 4) is 0 Å². The minimum atomic E-state index is -2.93. The van der Waals surface area contributed by atoms with E-state index in [0.717, 1.165) is 12.0 Å². The summed E-state index contributed by atoms with van der Waals surface area (Å²) >= 11 is 3.44. The van der Waals surface area contributed by atoms with E-state index in [2.05, 4.69) is 46.3 Å². The highest BCUT2D eigenvalue weighted by molar-refractivity contribution is 9.09. The average molecular weight is 327 g/mol. The second-order valence-electron chi connectivity index (χ2n) is 4.58. The largest absolute Gasteiger partial charge is 0.229 e. The molecule has 0 saturated heterocycles. The van der Waals surface area contributed by atoms with Crippen LogP contribution in [0.15, 0.2) is 42.5 Å². The first-order chi connectivity index (χ1) is 8.44. The van der Waals surface area contributed by atoms with Gasteiger partial charge in [0.1, 0.15) is 9.84 Å². The summed E-state index contributed by atoms with van der Waals surface area (Å²) < 4.78 is 22.4. The first kappa shape index (κ1) is 13.6. The summed E-state index contributed by atoms with van der Waals surface area (Å²) in [6, 6.07) is 14.4. The topological polar surface area (TPSA) is 34.1 Å². The maximum Gasteiger partial charge on any atom is 0.148 e. The number of sulfone groups is 1. The molecule has 1 atom stereocenters. The third-order valence-electron chi connectivity index (χ3n) is 2.75. The normalized spacial score (nSPS) is 13.7. The molecule has 0 aliphatic carbocycles. The van der Waals surface area contributed by atoms with Crippen molar-refractivity contribution in [2.45, 2.75) is 11.2 Å². The molecule has 96 valence electrons.